The summed E-state index contributed by atoms with van der Waals surface area (Å²) in [5.41, 5.74) is 4.09. The number of anilines is 1. The minimum atomic E-state index is -5.93. The van der Waals surface area contributed by atoms with Crippen molar-refractivity contribution in [1.29, 1.82) is 0 Å². The Bertz CT molecular complexity index is 2450. The van der Waals surface area contributed by atoms with Crippen molar-refractivity contribution in [3.63, 3.8) is 0 Å². The molecule has 3 heterocycles. The largest absolute Gasteiger partial charge is 0.790 e. The van der Waals surface area contributed by atoms with Crippen LogP contribution in [0.15, 0.2) is 73.4 Å². The lowest BCUT2D eigenvalue weighted by Gasteiger charge is -2.36. The lowest BCUT2D eigenvalue weighted by Crippen LogP contribution is -2.46. The number of carbonyl (C=O) groups excluding carboxylic acids is 3. The molecule has 0 spiro atoms. The number of rotatable bonds is 42. The van der Waals surface area contributed by atoms with Gasteiger partial charge in [0.25, 0.3) is 15.6 Å². The van der Waals surface area contributed by atoms with Crippen molar-refractivity contribution >= 4 is 69.1 Å². The summed E-state index contributed by atoms with van der Waals surface area (Å²) >= 11 is 1.06. The van der Waals surface area contributed by atoms with Gasteiger partial charge in [0.2, 0.25) is 16.9 Å². The molecule has 1 fully saturated rings. The van der Waals surface area contributed by atoms with Gasteiger partial charge in [-0.1, -0.05) is 145 Å². The monoisotopic (exact) mass is 1190 g/mol. The van der Waals surface area contributed by atoms with Crippen LogP contribution in [0.1, 0.15) is 149 Å². The minimum Gasteiger partial charge on any atom is -0.790 e. The number of aliphatic hydroxyl groups excluding tert-OH is 2. The van der Waals surface area contributed by atoms with E-state index in [-0.39, 0.29) is 41.6 Å². The van der Waals surface area contributed by atoms with Crippen LogP contribution >= 0.6 is 35.2 Å². The molecule has 446 valence electrons. The zero-order valence-corrected chi connectivity index (χ0v) is 48.9. The van der Waals surface area contributed by atoms with Crippen molar-refractivity contribution in [2.75, 3.05) is 37.8 Å². The molecule has 1 aliphatic heterocycles. The summed E-state index contributed by atoms with van der Waals surface area (Å²) in [4.78, 5) is 97.1. The van der Waals surface area contributed by atoms with E-state index in [1.807, 2.05) is 6.08 Å². The SMILES string of the molecule is CCCCC/C=C\C/C=C\C/C=C\C/C=C\CCCCCCCCCCC/C=C/C(=O)SCCNC(=O)CCNC(=O)[C@H](O)C(C)(C)COP(=O)([O-])OP(=O)([O-])OC[C@H]1O[C@@H](n2cnc3c(N)ncnc32)[C@H](O)[C@@H]1OP(=O)([O-])[O-]. The molecule has 28 heteroatoms. The number of carbonyl (C=O) groups is 3. The third-order valence-electron chi connectivity index (χ3n) is 12.2. The number of nitrogens with zero attached hydrogens (tertiary/aromatic N) is 4. The van der Waals surface area contributed by atoms with Crippen LogP contribution in [-0.4, -0.2) is 103 Å². The van der Waals surface area contributed by atoms with Gasteiger partial charge in [0.1, 0.15) is 36.3 Å². The number of nitrogen functional groups attached to an aromatic ring is 1. The Kier molecular flexibility index (Phi) is 32.9. The number of phosphoric ester groups is 3. The zero-order chi connectivity index (χ0) is 58.2. The topological polar surface area (TPSA) is 375 Å². The molecule has 0 aliphatic carbocycles. The highest BCUT2D eigenvalue weighted by atomic mass is 32.2. The summed E-state index contributed by atoms with van der Waals surface area (Å²) in [6, 6.07) is 0. The first-order chi connectivity index (χ1) is 37.6. The average Bonchev–Trinajstić information content (AvgIpc) is 4.12. The highest BCUT2D eigenvalue weighted by molar-refractivity contribution is 8.14. The molecule has 2 amide bonds. The molecule has 2 unspecified atom stereocenters. The average molecular weight is 1190 g/mol. The number of aliphatic hydroxyl groups is 2. The van der Waals surface area contributed by atoms with Crippen molar-refractivity contribution in [2.45, 2.75) is 173 Å². The number of ether oxygens (including phenoxy) is 1. The molecule has 0 saturated carbocycles. The van der Waals surface area contributed by atoms with Gasteiger partial charge in [0, 0.05) is 30.7 Å². The molecule has 1 aliphatic rings. The molecule has 3 rings (SSSR count). The first-order valence-corrected chi connectivity index (χ1v) is 32.2. The number of nitrogens with two attached hydrogens (primary N) is 1. The Morgan fingerprint density at radius 2 is 1.35 bits per heavy atom. The van der Waals surface area contributed by atoms with Crippen molar-refractivity contribution < 1.29 is 80.5 Å². The van der Waals surface area contributed by atoms with Gasteiger partial charge in [-0.25, -0.2) is 19.3 Å². The predicted molar refractivity (Wildman–Crippen MR) is 293 cm³/mol. The molecule has 2 aromatic rings. The lowest BCUT2D eigenvalue weighted by atomic mass is 9.87. The van der Waals surface area contributed by atoms with Crippen molar-refractivity contribution in [2.24, 2.45) is 5.41 Å². The van der Waals surface area contributed by atoms with Crippen LogP contribution in [0.2, 0.25) is 0 Å². The fourth-order valence-corrected chi connectivity index (χ4v) is 11.1. The van der Waals surface area contributed by atoms with Gasteiger partial charge in [0.05, 0.1) is 27.4 Å². The Labute approximate surface area is 468 Å². The number of hydrogen-bond donors (Lipinski definition) is 5. The summed E-state index contributed by atoms with van der Waals surface area (Å²) in [7, 11) is -17.6. The summed E-state index contributed by atoms with van der Waals surface area (Å²) in [6.07, 6.45) is 34.6. The standard InChI is InChI=1S/C51H84N7O17P3S/c1-4-5-6-7-8-9-10-11-12-13-14-15-16-17-18-19-20-21-22-23-24-25-26-27-28-29-30-31-42(60)79-35-34-53-41(59)32-33-54-49(63)46(62)51(2,3)37-72-78(69,70)75-77(67,68)71-36-40-45(74-76(64,65)66)44(61)50(73-40)58-39-57-43-47(52)55-38-56-48(43)58/h8-9,11-12,14-15,17-18,30-31,38-40,44-46,50,61-62H,4-7,10,13,16,19-29,32-37H2,1-3H3,(H,53,59)(H,54,63)(H,67,68)(H,69,70)(H2,52,55,56)(H2,64,65,66)/p-4/b9-8-,12-11-,15-14-,18-17-,31-30+/t40-,44-,45-,46+,50-/m1/s1. The molecule has 2 aromatic heterocycles. The summed E-state index contributed by atoms with van der Waals surface area (Å²) < 4.78 is 61.0. The van der Waals surface area contributed by atoms with E-state index in [9.17, 15) is 57.9 Å². The fraction of sp³-hybridized carbons (Fsp3) is 0.647. The van der Waals surface area contributed by atoms with Crippen LogP contribution in [0.25, 0.3) is 11.2 Å². The van der Waals surface area contributed by atoms with Gasteiger partial charge in [-0.2, -0.15) is 0 Å². The van der Waals surface area contributed by atoms with E-state index < -0.39 is 84.6 Å². The Hall–Kier alpha value is -3.74. The molecule has 7 atom stereocenters. The third kappa shape index (κ3) is 29.2. The number of hydrogen-bond acceptors (Lipinski definition) is 22. The number of amides is 2. The van der Waals surface area contributed by atoms with Crippen molar-refractivity contribution in [3.05, 3.63) is 73.4 Å². The molecular weight excluding hydrogens is 1110 g/mol. The summed E-state index contributed by atoms with van der Waals surface area (Å²) in [5, 5.41) is 26.3. The van der Waals surface area contributed by atoms with Crippen LogP contribution in [0.4, 0.5) is 5.82 Å². The van der Waals surface area contributed by atoms with E-state index in [4.69, 9.17) is 10.5 Å². The first-order valence-electron chi connectivity index (χ1n) is 26.8. The van der Waals surface area contributed by atoms with Gasteiger partial charge in [-0.05, 0) is 63.9 Å². The molecule has 24 nitrogen and oxygen atoms in total. The van der Waals surface area contributed by atoms with Gasteiger partial charge in [-0.15, -0.1) is 0 Å². The van der Waals surface area contributed by atoms with Crippen LogP contribution < -0.4 is 35.9 Å². The highest BCUT2D eigenvalue weighted by Crippen LogP contribution is 2.56. The first kappa shape index (κ1) is 69.5. The molecule has 0 aromatic carbocycles. The number of unbranched alkanes of at least 4 members (excludes halogenated alkanes) is 13. The number of allylic oxidation sites excluding steroid dienone is 9. The van der Waals surface area contributed by atoms with Gasteiger partial charge in [0.15, 0.2) is 17.7 Å². The molecule has 0 radical (unpaired) electrons. The van der Waals surface area contributed by atoms with E-state index in [2.05, 4.69) is 99.0 Å². The molecule has 0 bridgehead atoms. The number of phosphoric acid groups is 3. The quantitative estimate of drug-likeness (QED) is 0.0221. The van der Waals surface area contributed by atoms with E-state index in [0.717, 1.165) is 73.9 Å². The predicted octanol–water partition coefficient (Wildman–Crippen LogP) is 5.96. The zero-order valence-electron chi connectivity index (χ0n) is 45.4. The number of thioether (sulfide) groups is 1. The Balaban J connectivity index is 1.20. The maximum atomic E-state index is 12.7. The van der Waals surface area contributed by atoms with Gasteiger partial charge in [-0.3, -0.25) is 28.1 Å². The second-order valence-corrected chi connectivity index (χ2v) is 24.6. The minimum absolute atomic E-state index is 0.0206. The van der Waals surface area contributed by atoms with Crippen LogP contribution in [0.3, 0.4) is 0 Å². The molecule has 79 heavy (non-hydrogen) atoms. The number of aromatic nitrogens is 4. The molecule has 1 saturated heterocycles. The maximum absolute atomic E-state index is 12.7. The Morgan fingerprint density at radius 1 is 0.797 bits per heavy atom. The number of nitrogens with one attached hydrogen (secondary N) is 2. The van der Waals surface area contributed by atoms with Gasteiger partial charge >= 0.3 is 0 Å². The third-order valence-corrected chi connectivity index (χ3v) is 16.0. The summed E-state index contributed by atoms with van der Waals surface area (Å²) in [6.45, 7) is 2.34. The van der Waals surface area contributed by atoms with Crippen LogP contribution in [0.5, 0.6) is 0 Å². The van der Waals surface area contributed by atoms with E-state index in [1.54, 1.807) is 6.08 Å². The second-order valence-electron chi connectivity index (χ2n) is 19.4. The number of fused-ring (bicyclic) bond motifs is 1. The van der Waals surface area contributed by atoms with Crippen molar-refractivity contribution in [3.8, 4) is 0 Å². The lowest BCUT2D eigenvalue weighted by molar-refractivity contribution is -0.347. The Morgan fingerprint density at radius 3 is 1.95 bits per heavy atom. The van der Waals surface area contributed by atoms with Crippen LogP contribution in [-0.2, 0) is 50.7 Å². The fourth-order valence-electron chi connectivity index (χ4n) is 7.81. The second kappa shape index (κ2) is 37.4. The molecule has 6 N–H and O–H groups in total. The van der Waals surface area contributed by atoms with E-state index in [0.29, 0.717) is 5.75 Å². The highest BCUT2D eigenvalue weighted by Gasteiger charge is 2.47. The van der Waals surface area contributed by atoms with Crippen molar-refractivity contribution in [1.82, 2.24) is 30.2 Å². The van der Waals surface area contributed by atoms with Crippen LogP contribution in [0, 0.1) is 5.41 Å². The maximum Gasteiger partial charge on any atom is 0.274 e. The molecular formula is C51H80N7O17P3S-4. The normalized spacial score (nSPS) is 19.4. The van der Waals surface area contributed by atoms with E-state index >= 15 is 0 Å². The summed E-state index contributed by atoms with van der Waals surface area (Å²) in [5.74, 6) is -1.22. The smallest absolute Gasteiger partial charge is 0.274 e. The van der Waals surface area contributed by atoms with Gasteiger partial charge < -0.3 is 69.0 Å². The number of imidazole rings is 1. The van der Waals surface area contributed by atoms with E-state index in [1.165, 1.54) is 84.5 Å².